The SMILES string of the molecule is Cc1ccc(NS(=O)(=O)c2ccc(C)c(C(=O)NCC(F)(F)CN)c2)cc1. The molecule has 2 rings (SSSR count). The first-order chi connectivity index (χ1) is 12.5. The van der Waals surface area contributed by atoms with Crippen LogP contribution in [0, 0.1) is 13.8 Å². The molecule has 2 aromatic rings. The zero-order valence-electron chi connectivity index (χ0n) is 14.9. The quantitative estimate of drug-likeness (QED) is 0.668. The fourth-order valence-electron chi connectivity index (χ4n) is 2.23. The monoisotopic (exact) mass is 397 g/mol. The third-order valence-corrected chi connectivity index (χ3v) is 5.25. The van der Waals surface area contributed by atoms with Crippen molar-refractivity contribution in [2.75, 3.05) is 17.8 Å². The van der Waals surface area contributed by atoms with Crippen molar-refractivity contribution in [3.8, 4) is 0 Å². The number of anilines is 1. The molecule has 0 bridgehead atoms. The minimum absolute atomic E-state index is 0.00500. The number of carbonyl (C=O) groups is 1. The molecule has 146 valence electrons. The molecule has 0 unspecified atom stereocenters. The van der Waals surface area contributed by atoms with E-state index in [2.05, 4.69) is 10.0 Å². The van der Waals surface area contributed by atoms with Crippen molar-refractivity contribution in [2.45, 2.75) is 24.7 Å². The molecule has 6 nitrogen and oxygen atoms in total. The van der Waals surface area contributed by atoms with Crippen LogP contribution in [0.5, 0.6) is 0 Å². The van der Waals surface area contributed by atoms with Crippen LogP contribution in [0.3, 0.4) is 0 Å². The molecular formula is C18H21F2N3O3S. The lowest BCUT2D eigenvalue weighted by molar-refractivity contribution is 0.0118. The predicted molar refractivity (Wildman–Crippen MR) is 99.5 cm³/mol. The average Bonchev–Trinajstić information content (AvgIpc) is 2.62. The molecular weight excluding hydrogens is 376 g/mol. The van der Waals surface area contributed by atoms with E-state index in [1.54, 1.807) is 31.2 Å². The van der Waals surface area contributed by atoms with Crippen LogP contribution in [0.1, 0.15) is 21.5 Å². The molecule has 0 radical (unpaired) electrons. The Hall–Kier alpha value is -2.52. The van der Waals surface area contributed by atoms with E-state index < -0.39 is 34.9 Å². The number of alkyl halides is 2. The first-order valence-corrected chi connectivity index (χ1v) is 9.59. The Balaban J connectivity index is 2.24. The van der Waals surface area contributed by atoms with Crippen LogP contribution in [0.25, 0.3) is 0 Å². The predicted octanol–water partition coefficient (Wildman–Crippen LogP) is 2.43. The number of benzene rings is 2. The van der Waals surface area contributed by atoms with Crippen LogP contribution in [0.4, 0.5) is 14.5 Å². The third-order valence-electron chi connectivity index (χ3n) is 3.87. The van der Waals surface area contributed by atoms with Gasteiger partial charge >= 0.3 is 0 Å². The van der Waals surface area contributed by atoms with E-state index >= 15 is 0 Å². The molecule has 0 saturated heterocycles. The van der Waals surface area contributed by atoms with Gasteiger partial charge in [0.05, 0.1) is 18.0 Å². The maximum atomic E-state index is 13.2. The molecule has 0 atom stereocenters. The Kier molecular flexibility index (Phi) is 6.17. The van der Waals surface area contributed by atoms with Crippen LogP contribution in [-0.4, -0.2) is 33.3 Å². The van der Waals surface area contributed by atoms with Crippen LogP contribution in [0.2, 0.25) is 0 Å². The lowest BCUT2D eigenvalue weighted by Gasteiger charge is -2.16. The van der Waals surface area contributed by atoms with E-state index in [9.17, 15) is 22.0 Å². The van der Waals surface area contributed by atoms with Gasteiger partial charge in [0.25, 0.3) is 21.9 Å². The van der Waals surface area contributed by atoms with Crippen LogP contribution in [0.15, 0.2) is 47.4 Å². The van der Waals surface area contributed by atoms with E-state index in [4.69, 9.17) is 5.73 Å². The van der Waals surface area contributed by atoms with Crippen LogP contribution in [-0.2, 0) is 10.0 Å². The maximum absolute atomic E-state index is 13.2. The normalized spacial score (nSPS) is 11.9. The third kappa shape index (κ3) is 5.48. The molecule has 0 aromatic heterocycles. The molecule has 2 aromatic carbocycles. The van der Waals surface area contributed by atoms with Crippen molar-refractivity contribution in [2.24, 2.45) is 5.73 Å². The topological polar surface area (TPSA) is 101 Å². The summed E-state index contributed by atoms with van der Waals surface area (Å²) in [7, 11) is -3.95. The summed E-state index contributed by atoms with van der Waals surface area (Å²) >= 11 is 0. The number of amides is 1. The maximum Gasteiger partial charge on any atom is 0.277 e. The molecule has 0 saturated carbocycles. The van der Waals surface area contributed by atoms with E-state index in [1.807, 2.05) is 6.92 Å². The van der Waals surface area contributed by atoms with Crippen LogP contribution >= 0.6 is 0 Å². The van der Waals surface area contributed by atoms with Gasteiger partial charge in [-0.2, -0.15) is 0 Å². The smallest absolute Gasteiger partial charge is 0.277 e. The van der Waals surface area contributed by atoms with Gasteiger partial charge in [-0.15, -0.1) is 0 Å². The fourth-order valence-corrected chi connectivity index (χ4v) is 3.31. The number of nitrogens with two attached hydrogens (primary N) is 1. The number of hydrogen-bond donors (Lipinski definition) is 3. The van der Waals surface area contributed by atoms with Gasteiger partial charge in [0.1, 0.15) is 0 Å². The summed E-state index contributed by atoms with van der Waals surface area (Å²) in [4.78, 5) is 12.1. The lowest BCUT2D eigenvalue weighted by Crippen LogP contribution is -2.41. The van der Waals surface area contributed by atoms with E-state index in [1.165, 1.54) is 12.1 Å². The summed E-state index contributed by atoms with van der Waals surface area (Å²) in [6, 6.07) is 10.7. The first-order valence-electron chi connectivity index (χ1n) is 8.10. The first kappa shape index (κ1) is 20.8. The van der Waals surface area contributed by atoms with Crippen molar-refractivity contribution < 1.29 is 22.0 Å². The Morgan fingerprint density at radius 1 is 1.11 bits per heavy atom. The van der Waals surface area contributed by atoms with Crippen molar-refractivity contribution in [3.63, 3.8) is 0 Å². The zero-order chi connectivity index (χ0) is 20.2. The van der Waals surface area contributed by atoms with E-state index in [0.717, 1.165) is 11.6 Å². The highest BCUT2D eigenvalue weighted by atomic mass is 32.2. The highest BCUT2D eigenvalue weighted by molar-refractivity contribution is 7.92. The van der Waals surface area contributed by atoms with Gasteiger partial charge in [-0.25, -0.2) is 17.2 Å². The number of aryl methyl sites for hydroxylation is 2. The molecule has 0 fully saturated rings. The van der Waals surface area contributed by atoms with Gasteiger partial charge in [-0.3, -0.25) is 9.52 Å². The van der Waals surface area contributed by atoms with Gasteiger partial charge in [-0.05, 0) is 43.7 Å². The van der Waals surface area contributed by atoms with Crippen molar-refractivity contribution in [1.82, 2.24) is 5.32 Å². The minimum Gasteiger partial charge on any atom is -0.346 e. The molecule has 0 aliphatic rings. The molecule has 9 heteroatoms. The molecule has 0 heterocycles. The van der Waals surface area contributed by atoms with Crippen molar-refractivity contribution in [3.05, 3.63) is 59.2 Å². The number of nitrogens with one attached hydrogen (secondary N) is 2. The zero-order valence-corrected chi connectivity index (χ0v) is 15.7. The highest BCUT2D eigenvalue weighted by Crippen LogP contribution is 2.20. The molecule has 0 spiro atoms. The van der Waals surface area contributed by atoms with Crippen molar-refractivity contribution in [1.29, 1.82) is 0 Å². The largest absolute Gasteiger partial charge is 0.346 e. The fraction of sp³-hybridized carbons (Fsp3) is 0.278. The minimum atomic E-state index is -3.95. The highest BCUT2D eigenvalue weighted by Gasteiger charge is 2.28. The molecule has 1 amide bonds. The summed E-state index contributed by atoms with van der Waals surface area (Å²) in [5.74, 6) is -4.03. The summed E-state index contributed by atoms with van der Waals surface area (Å²) in [6.45, 7) is 1.62. The van der Waals surface area contributed by atoms with Gasteiger partial charge in [0.2, 0.25) is 0 Å². The molecule has 0 aliphatic carbocycles. The number of sulfonamides is 1. The van der Waals surface area contributed by atoms with Gasteiger partial charge in [0.15, 0.2) is 0 Å². The Bertz CT molecular complexity index is 929. The second-order valence-corrected chi connectivity index (χ2v) is 7.87. The Morgan fingerprint density at radius 3 is 2.33 bits per heavy atom. The molecule has 27 heavy (non-hydrogen) atoms. The number of rotatable bonds is 7. The average molecular weight is 397 g/mol. The summed E-state index contributed by atoms with van der Waals surface area (Å²) in [6.07, 6.45) is 0. The summed E-state index contributed by atoms with van der Waals surface area (Å²) in [5, 5.41) is 2.08. The second kappa shape index (κ2) is 8.01. The number of carbonyl (C=O) groups excluding carboxylic acids is 1. The second-order valence-electron chi connectivity index (χ2n) is 6.19. The lowest BCUT2D eigenvalue weighted by atomic mass is 10.1. The van der Waals surface area contributed by atoms with Crippen LogP contribution < -0.4 is 15.8 Å². The van der Waals surface area contributed by atoms with Crippen molar-refractivity contribution >= 4 is 21.6 Å². The standard InChI is InChI=1S/C18H21F2N3O3S/c1-12-3-6-14(7-4-12)23-27(25,26)15-8-5-13(2)16(9-15)17(24)22-11-18(19,20)10-21/h3-9,23H,10-11,21H2,1-2H3,(H,22,24). The molecule has 4 N–H and O–H groups in total. The number of hydrogen-bond acceptors (Lipinski definition) is 4. The van der Waals surface area contributed by atoms with E-state index in [0.29, 0.717) is 11.3 Å². The summed E-state index contributed by atoms with van der Waals surface area (Å²) in [5.41, 5.74) is 6.73. The van der Waals surface area contributed by atoms with E-state index in [-0.39, 0.29) is 10.5 Å². The Labute approximate surface area is 156 Å². The number of halogens is 2. The molecule has 0 aliphatic heterocycles. The Morgan fingerprint density at radius 2 is 1.74 bits per heavy atom. The summed E-state index contributed by atoms with van der Waals surface area (Å²) < 4.78 is 54.0. The van der Waals surface area contributed by atoms with Gasteiger partial charge in [-0.1, -0.05) is 23.8 Å². The van der Waals surface area contributed by atoms with Gasteiger partial charge < -0.3 is 11.1 Å². The van der Waals surface area contributed by atoms with Gasteiger partial charge in [0, 0.05) is 11.3 Å².